The Labute approximate surface area is 164 Å². The Morgan fingerprint density at radius 1 is 1.36 bits per heavy atom. The predicted octanol–water partition coefficient (Wildman–Crippen LogP) is 0.370. The molecule has 154 valence electrons. The van der Waals surface area contributed by atoms with Crippen LogP contribution in [0.2, 0.25) is 0 Å². The summed E-state index contributed by atoms with van der Waals surface area (Å²) in [6.45, 7) is 0.923. The molecule has 3 heterocycles. The summed E-state index contributed by atoms with van der Waals surface area (Å²) >= 11 is 0. The van der Waals surface area contributed by atoms with E-state index in [4.69, 9.17) is 14.6 Å². The number of pyridine rings is 1. The van der Waals surface area contributed by atoms with E-state index in [0.29, 0.717) is 19.6 Å². The molecule has 28 heavy (non-hydrogen) atoms. The molecule has 0 spiro atoms. The van der Waals surface area contributed by atoms with Crippen LogP contribution in [0.4, 0.5) is 0 Å². The van der Waals surface area contributed by atoms with Crippen molar-refractivity contribution in [2.24, 2.45) is 5.92 Å². The van der Waals surface area contributed by atoms with Gasteiger partial charge >= 0.3 is 0 Å². The Bertz CT molecular complexity index is 784. The minimum atomic E-state index is -3.32. The van der Waals surface area contributed by atoms with Crippen LogP contribution in [-0.4, -0.2) is 65.7 Å². The van der Waals surface area contributed by atoms with Crippen LogP contribution in [0.15, 0.2) is 24.4 Å². The zero-order valence-electron chi connectivity index (χ0n) is 15.4. The van der Waals surface area contributed by atoms with Crippen molar-refractivity contribution < 1.29 is 27.9 Å². The average molecular weight is 411 g/mol. The lowest BCUT2D eigenvalue weighted by Crippen LogP contribution is -2.55. The molecule has 3 aliphatic rings. The maximum atomic E-state index is 12.8. The summed E-state index contributed by atoms with van der Waals surface area (Å²) in [5, 5.41) is 9.52. The van der Waals surface area contributed by atoms with E-state index in [1.54, 1.807) is 10.5 Å². The second kappa shape index (κ2) is 8.97. The molecule has 3 atom stereocenters. The smallest absolute Gasteiger partial charge is 0.290 e. The Morgan fingerprint density at radius 3 is 2.75 bits per heavy atom. The fraction of sp³-hybridized carbons (Fsp3) is 0.611. The molecule has 10 heteroatoms. The number of ether oxygens (including phenoxy) is 1. The molecule has 9 nitrogen and oxygen atoms in total. The minimum Gasteiger partial charge on any atom is -0.483 e. The van der Waals surface area contributed by atoms with Crippen LogP contribution in [0.25, 0.3) is 0 Å². The number of carboxylic acid groups (broad SMARTS) is 1. The number of sulfonamides is 1. The number of carbonyl (C=O) groups excluding carboxylic acids is 1. The van der Waals surface area contributed by atoms with Crippen LogP contribution < -0.4 is 5.32 Å². The average Bonchev–Trinajstić information content (AvgIpc) is 3.45. The lowest BCUT2D eigenvalue weighted by Gasteiger charge is -2.39. The minimum absolute atomic E-state index is 0.106. The van der Waals surface area contributed by atoms with Gasteiger partial charge in [-0.3, -0.25) is 14.6 Å². The third-order valence-corrected chi connectivity index (χ3v) is 7.66. The summed E-state index contributed by atoms with van der Waals surface area (Å²) in [6.07, 6.45) is 4.27. The first-order valence-corrected chi connectivity index (χ1v) is 10.9. The Hall–Kier alpha value is -2.04. The molecule has 4 rings (SSSR count). The molecule has 1 aromatic heterocycles. The fourth-order valence-electron chi connectivity index (χ4n) is 3.76. The van der Waals surface area contributed by atoms with Crippen LogP contribution in [-0.2, 0) is 30.9 Å². The molecule has 0 bridgehead atoms. The molecule has 1 amide bonds. The number of carbonyl (C=O) groups is 2. The molecule has 3 fully saturated rings. The van der Waals surface area contributed by atoms with E-state index >= 15 is 0 Å². The maximum absolute atomic E-state index is 12.8. The third-order valence-electron chi connectivity index (χ3n) is 5.27. The summed E-state index contributed by atoms with van der Waals surface area (Å²) in [4.78, 5) is 25.2. The first kappa shape index (κ1) is 20.7. The first-order valence-electron chi connectivity index (χ1n) is 9.35. The Balaban J connectivity index is 0.000000706. The SMILES string of the molecule is O=C(NCc1ccccn1)[C@@H]1C[C@H]2OCC[C@H]2N(S(=O)(=O)C2CC2)C1.O=CO. The number of fused-ring (bicyclic) bond motifs is 1. The largest absolute Gasteiger partial charge is 0.483 e. The van der Waals surface area contributed by atoms with E-state index in [1.165, 1.54) is 0 Å². The number of rotatable bonds is 5. The van der Waals surface area contributed by atoms with E-state index < -0.39 is 10.0 Å². The van der Waals surface area contributed by atoms with Crippen molar-refractivity contribution in [1.29, 1.82) is 0 Å². The highest BCUT2D eigenvalue weighted by molar-refractivity contribution is 7.90. The number of nitrogens with one attached hydrogen (secondary N) is 1. The standard InChI is InChI=1S/C17H23N3O4S.CH2O2/c21-17(19-10-13-3-1-2-7-18-13)12-9-16-15(6-8-24-16)20(11-12)25(22,23)14-4-5-14;2-1-3/h1-3,7,12,14-16H,4-6,8-11H2,(H,19,21);1H,(H,2,3)/t12-,15-,16-;/m1./s1. The van der Waals surface area contributed by atoms with E-state index in [9.17, 15) is 13.2 Å². The number of piperidine rings is 1. The van der Waals surface area contributed by atoms with Crippen molar-refractivity contribution in [1.82, 2.24) is 14.6 Å². The number of amides is 1. The van der Waals surface area contributed by atoms with E-state index in [0.717, 1.165) is 25.0 Å². The van der Waals surface area contributed by atoms with Crippen molar-refractivity contribution in [2.45, 2.75) is 49.6 Å². The van der Waals surface area contributed by atoms with Crippen molar-refractivity contribution in [3.63, 3.8) is 0 Å². The molecule has 0 radical (unpaired) electrons. The van der Waals surface area contributed by atoms with Gasteiger partial charge in [0.1, 0.15) is 0 Å². The third kappa shape index (κ3) is 4.68. The van der Waals surface area contributed by atoms with Crippen molar-refractivity contribution in [3.05, 3.63) is 30.1 Å². The van der Waals surface area contributed by atoms with E-state index in [2.05, 4.69) is 10.3 Å². The molecule has 1 aliphatic carbocycles. The molecule has 1 aromatic rings. The maximum Gasteiger partial charge on any atom is 0.290 e. The van der Waals surface area contributed by atoms with Gasteiger partial charge in [-0.05, 0) is 37.8 Å². The normalized spacial score (nSPS) is 27.2. The molecular formula is C18H25N3O6S. The highest BCUT2D eigenvalue weighted by atomic mass is 32.2. The molecule has 2 N–H and O–H groups in total. The summed E-state index contributed by atoms with van der Waals surface area (Å²) in [5.74, 6) is -0.507. The van der Waals surface area contributed by atoms with E-state index in [1.807, 2.05) is 18.2 Å². The Kier molecular flexibility index (Phi) is 6.63. The van der Waals surface area contributed by atoms with Crippen molar-refractivity contribution in [2.75, 3.05) is 13.2 Å². The van der Waals surface area contributed by atoms with Crippen LogP contribution in [0, 0.1) is 5.92 Å². The Morgan fingerprint density at radius 2 is 2.11 bits per heavy atom. The van der Waals surface area contributed by atoms with Crippen molar-refractivity contribution in [3.8, 4) is 0 Å². The lowest BCUT2D eigenvalue weighted by atomic mass is 9.91. The number of aromatic nitrogens is 1. The first-order chi connectivity index (χ1) is 13.5. The molecule has 1 saturated carbocycles. The van der Waals surface area contributed by atoms with E-state index in [-0.39, 0.29) is 42.2 Å². The topological polar surface area (TPSA) is 126 Å². The molecule has 0 unspecified atom stereocenters. The lowest BCUT2D eigenvalue weighted by molar-refractivity contribution is -0.128. The van der Waals surface area contributed by atoms with Crippen LogP contribution >= 0.6 is 0 Å². The van der Waals surface area contributed by atoms with Crippen LogP contribution in [0.3, 0.4) is 0 Å². The van der Waals surface area contributed by atoms with Gasteiger partial charge in [0.25, 0.3) is 6.47 Å². The van der Waals surface area contributed by atoms with Crippen molar-refractivity contribution >= 4 is 22.4 Å². The fourth-order valence-corrected chi connectivity index (χ4v) is 5.88. The molecule has 2 saturated heterocycles. The van der Waals surface area contributed by atoms with Gasteiger partial charge in [0.05, 0.1) is 35.6 Å². The van der Waals surface area contributed by atoms with Gasteiger partial charge in [-0.2, -0.15) is 4.31 Å². The molecule has 2 aliphatic heterocycles. The quantitative estimate of drug-likeness (QED) is 0.671. The van der Waals surface area contributed by atoms with Gasteiger partial charge < -0.3 is 15.2 Å². The monoisotopic (exact) mass is 411 g/mol. The second-order valence-electron chi connectivity index (χ2n) is 7.16. The van der Waals surface area contributed by atoms with Gasteiger partial charge in [-0.15, -0.1) is 0 Å². The summed E-state index contributed by atoms with van der Waals surface area (Å²) in [6, 6.07) is 5.44. The number of hydrogen-bond acceptors (Lipinski definition) is 6. The van der Waals surface area contributed by atoms with Gasteiger partial charge in [0.2, 0.25) is 15.9 Å². The second-order valence-corrected chi connectivity index (χ2v) is 9.32. The number of nitrogens with zero attached hydrogens (tertiary/aromatic N) is 2. The van der Waals surface area contributed by atoms with Crippen LogP contribution in [0.5, 0.6) is 0 Å². The highest BCUT2D eigenvalue weighted by Gasteiger charge is 2.50. The summed E-state index contributed by atoms with van der Waals surface area (Å²) in [7, 11) is -3.32. The van der Waals surface area contributed by atoms with Gasteiger partial charge in [0, 0.05) is 19.3 Å². The van der Waals surface area contributed by atoms with Gasteiger partial charge in [0.15, 0.2) is 0 Å². The zero-order valence-corrected chi connectivity index (χ0v) is 16.3. The predicted molar refractivity (Wildman–Crippen MR) is 99.7 cm³/mol. The number of hydrogen-bond donors (Lipinski definition) is 2. The van der Waals surface area contributed by atoms with Gasteiger partial charge in [-0.1, -0.05) is 6.07 Å². The molecule has 0 aromatic carbocycles. The molecular weight excluding hydrogens is 386 g/mol. The van der Waals surface area contributed by atoms with Crippen LogP contribution in [0.1, 0.15) is 31.4 Å². The van der Waals surface area contributed by atoms with Gasteiger partial charge in [-0.25, -0.2) is 8.42 Å². The highest BCUT2D eigenvalue weighted by Crippen LogP contribution is 2.39. The zero-order chi connectivity index (χ0) is 20.1. The summed E-state index contributed by atoms with van der Waals surface area (Å²) < 4.78 is 32.8. The summed E-state index contributed by atoms with van der Waals surface area (Å²) in [5.41, 5.74) is 0.782.